The Kier molecular flexibility index (Phi) is 5.88. The molecule has 0 heterocycles. The fourth-order valence-electron chi connectivity index (χ4n) is 2.33. The van der Waals surface area contributed by atoms with Gasteiger partial charge in [0.2, 0.25) is 11.8 Å². The van der Waals surface area contributed by atoms with Gasteiger partial charge in [-0.25, -0.2) is 0 Å². The van der Waals surface area contributed by atoms with E-state index in [9.17, 15) is 9.59 Å². The SMILES string of the molecule is CC(=O)N[C@@H](CC(=O)Nc1cccc(CO)c1)c1ccccc1. The molecule has 3 N–H and O–H groups in total. The zero-order valence-electron chi connectivity index (χ0n) is 13.0. The maximum absolute atomic E-state index is 12.3. The van der Waals surface area contributed by atoms with Gasteiger partial charge in [-0.2, -0.15) is 0 Å². The average molecular weight is 312 g/mol. The van der Waals surface area contributed by atoms with Crippen molar-refractivity contribution in [2.45, 2.75) is 26.0 Å². The molecule has 0 fully saturated rings. The van der Waals surface area contributed by atoms with Gasteiger partial charge in [0.15, 0.2) is 0 Å². The summed E-state index contributed by atoms with van der Waals surface area (Å²) in [6.45, 7) is 1.35. The molecule has 2 rings (SSSR count). The van der Waals surface area contributed by atoms with Crippen molar-refractivity contribution in [1.82, 2.24) is 5.32 Å². The zero-order chi connectivity index (χ0) is 16.7. The second-order valence-electron chi connectivity index (χ2n) is 5.27. The van der Waals surface area contributed by atoms with Crippen molar-refractivity contribution in [1.29, 1.82) is 0 Å². The monoisotopic (exact) mass is 312 g/mol. The average Bonchev–Trinajstić information content (AvgIpc) is 2.54. The van der Waals surface area contributed by atoms with Crippen LogP contribution in [0.2, 0.25) is 0 Å². The first-order valence-corrected chi connectivity index (χ1v) is 7.40. The van der Waals surface area contributed by atoms with Crippen molar-refractivity contribution in [2.24, 2.45) is 0 Å². The molecular weight excluding hydrogens is 292 g/mol. The van der Waals surface area contributed by atoms with Gasteiger partial charge in [-0.1, -0.05) is 42.5 Å². The Balaban J connectivity index is 2.06. The molecule has 2 aromatic carbocycles. The molecule has 2 aromatic rings. The van der Waals surface area contributed by atoms with Gasteiger partial charge in [0.25, 0.3) is 0 Å². The minimum atomic E-state index is -0.380. The maximum Gasteiger partial charge on any atom is 0.226 e. The van der Waals surface area contributed by atoms with Crippen molar-refractivity contribution < 1.29 is 14.7 Å². The number of hydrogen-bond acceptors (Lipinski definition) is 3. The number of hydrogen-bond donors (Lipinski definition) is 3. The van der Waals surface area contributed by atoms with E-state index in [-0.39, 0.29) is 30.9 Å². The van der Waals surface area contributed by atoms with Gasteiger partial charge < -0.3 is 15.7 Å². The van der Waals surface area contributed by atoms with Crippen LogP contribution in [0.1, 0.15) is 30.5 Å². The molecule has 0 spiro atoms. The van der Waals surface area contributed by atoms with Gasteiger partial charge in [-0.05, 0) is 23.3 Å². The third kappa shape index (κ3) is 5.23. The lowest BCUT2D eigenvalue weighted by Crippen LogP contribution is -2.29. The predicted molar refractivity (Wildman–Crippen MR) is 88.6 cm³/mol. The molecule has 0 saturated carbocycles. The Hall–Kier alpha value is -2.66. The van der Waals surface area contributed by atoms with Gasteiger partial charge in [-0.15, -0.1) is 0 Å². The molecule has 0 bridgehead atoms. The molecule has 0 aliphatic carbocycles. The molecule has 0 radical (unpaired) electrons. The lowest BCUT2D eigenvalue weighted by atomic mass is 10.0. The van der Waals surface area contributed by atoms with Crippen LogP contribution in [0, 0.1) is 0 Å². The van der Waals surface area contributed by atoms with Crippen LogP contribution in [0.3, 0.4) is 0 Å². The largest absolute Gasteiger partial charge is 0.392 e. The molecule has 120 valence electrons. The van der Waals surface area contributed by atoms with Crippen molar-refractivity contribution >= 4 is 17.5 Å². The molecule has 0 unspecified atom stereocenters. The second kappa shape index (κ2) is 8.10. The highest BCUT2D eigenvalue weighted by Crippen LogP contribution is 2.18. The van der Waals surface area contributed by atoms with E-state index in [1.165, 1.54) is 6.92 Å². The molecule has 5 heteroatoms. The molecule has 23 heavy (non-hydrogen) atoms. The number of nitrogens with one attached hydrogen (secondary N) is 2. The Labute approximate surface area is 135 Å². The normalized spacial score (nSPS) is 11.6. The van der Waals surface area contributed by atoms with Crippen LogP contribution in [0.5, 0.6) is 0 Å². The third-order valence-electron chi connectivity index (χ3n) is 3.36. The Morgan fingerprint density at radius 2 is 1.83 bits per heavy atom. The second-order valence-corrected chi connectivity index (χ2v) is 5.27. The van der Waals surface area contributed by atoms with Crippen LogP contribution in [-0.2, 0) is 16.2 Å². The van der Waals surface area contributed by atoms with Crippen molar-refractivity contribution in [3.8, 4) is 0 Å². The number of rotatable bonds is 6. The molecule has 0 aliphatic heterocycles. The Bertz CT molecular complexity index is 671. The quantitative estimate of drug-likeness (QED) is 0.766. The van der Waals surface area contributed by atoms with Gasteiger partial charge in [0.1, 0.15) is 0 Å². The third-order valence-corrected chi connectivity index (χ3v) is 3.36. The van der Waals surface area contributed by atoms with Crippen LogP contribution in [0.25, 0.3) is 0 Å². The summed E-state index contributed by atoms with van der Waals surface area (Å²) in [6, 6.07) is 16.0. The Morgan fingerprint density at radius 3 is 2.48 bits per heavy atom. The van der Waals surface area contributed by atoms with E-state index in [1.54, 1.807) is 24.3 Å². The zero-order valence-corrected chi connectivity index (χ0v) is 13.0. The minimum absolute atomic E-state index is 0.0811. The van der Waals surface area contributed by atoms with E-state index in [0.717, 1.165) is 11.1 Å². The first-order valence-electron chi connectivity index (χ1n) is 7.40. The highest BCUT2D eigenvalue weighted by molar-refractivity contribution is 5.91. The van der Waals surface area contributed by atoms with E-state index in [1.807, 2.05) is 30.3 Å². The topological polar surface area (TPSA) is 78.4 Å². The summed E-state index contributed by atoms with van der Waals surface area (Å²) < 4.78 is 0. The fourth-order valence-corrected chi connectivity index (χ4v) is 2.33. The number of carbonyl (C=O) groups excluding carboxylic acids is 2. The molecule has 0 aromatic heterocycles. The number of benzene rings is 2. The smallest absolute Gasteiger partial charge is 0.226 e. The van der Waals surface area contributed by atoms with Gasteiger partial charge in [0, 0.05) is 12.6 Å². The number of aliphatic hydroxyl groups excluding tert-OH is 1. The number of aliphatic hydroxyl groups is 1. The highest BCUT2D eigenvalue weighted by Gasteiger charge is 2.17. The number of anilines is 1. The molecule has 0 saturated heterocycles. The van der Waals surface area contributed by atoms with Crippen molar-refractivity contribution in [3.05, 3.63) is 65.7 Å². The number of carbonyl (C=O) groups is 2. The van der Waals surface area contributed by atoms with Crippen LogP contribution in [0.15, 0.2) is 54.6 Å². The molecule has 0 aliphatic rings. The van der Waals surface area contributed by atoms with Crippen molar-refractivity contribution in [3.63, 3.8) is 0 Å². The van der Waals surface area contributed by atoms with Gasteiger partial charge in [0.05, 0.1) is 19.1 Å². The first-order chi connectivity index (χ1) is 11.1. The highest BCUT2D eigenvalue weighted by atomic mass is 16.3. The van der Waals surface area contributed by atoms with Gasteiger partial charge in [-0.3, -0.25) is 9.59 Å². The molecule has 1 atom stereocenters. The summed E-state index contributed by atoms with van der Waals surface area (Å²) in [6.07, 6.45) is 0.132. The van der Waals surface area contributed by atoms with Crippen LogP contribution in [-0.4, -0.2) is 16.9 Å². The summed E-state index contributed by atoms with van der Waals surface area (Å²) in [5.74, 6) is -0.392. The van der Waals surface area contributed by atoms with E-state index in [4.69, 9.17) is 5.11 Å². The van der Waals surface area contributed by atoms with E-state index in [0.29, 0.717) is 5.69 Å². The summed E-state index contributed by atoms with van der Waals surface area (Å²) >= 11 is 0. The van der Waals surface area contributed by atoms with E-state index < -0.39 is 0 Å². The van der Waals surface area contributed by atoms with E-state index >= 15 is 0 Å². The minimum Gasteiger partial charge on any atom is -0.392 e. The molecule has 2 amide bonds. The van der Waals surface area contributed by atoms with Crippen LogP contribution in [0.4, 0.5) is 5.69 Å². The van der Waals surface area contributed by atoms with Crippen LogP contribution >= 0.6 is 0 Å². The standard InChI is InChI=1S/C18H20N2O3/c1-13(22)19-17(15-7-3-2-4-8-15)11-18(23)20-16-9-5-6-14(10-16)12-21/h2-10,17,21H,11-12H2,1H3,(H,19,22)(H,20,23)/t17-/m0/s1. The fraction of sp³-hybridized carbons (Fsp3) is 0.222. The lowest BCUT2D eigenvalue weighted by molar-refractivity contribution is -0.120. The summed E-state index contributed by atoms with van der Waals surface area (Å²) in [5.41, 5.74) is 2.22. The molecular formula is C18H20N2O3. The lowest BCUT2D eigenvalue weighted by Gasteiger charge is -2.18. The van der Waals surface area contributed by atoms with Gasteiger partial charge >= 0.3 is 0 Å². The first kappa shape index (κ1) is 16.7. The van der Waals surface area contributed by atoms with Crippen molar-refractivity contribution in [2.75, 3.05) is 5.32 Å². The summed E-state index contributed by atoms with van der Waals surface area (Å²) in [5, 5.41) is 14.7. The summed E-state index contributed by atoms with van der Waals surface area (Å²) in [7, 11) is 0. The van der Waals surface area contributed by atoms with Crippen LogP contribution < -0.4 is 10.6 Å². The number of amides is 2. The molecule has 5 nitrogen and oxygen atoms in total. The maximum atomic E-state index is 12.3. The summed E-state index contributed by atoms with van der Waals surface area (Å²) in [4.78, 5) is 23.6. The predicted octanol–water partition coefficient (Wildman–Crippen LogP) is 2.38. The Morgan fingerprint density at radius 1 is 1.09 bits per heavy atom. The van der Waals surface area contributed by atoms with E-state index in [2.05, 4.69) is 10.6 Å².